The number of esters is 1. The fourth-order valence-corrected chi connectivity index (χ4v) is 3.90. The quantitative estimate of drug-likeness (QED) is 0.695. The molecule has 0 radical (unpaired) electrons. The standard InChI is InChI=1S/C19H14F2N2O6S/c20-19(21)28-12-6-5-10(7-13(12)29-19)22-16(24)9-27-17(25)8-15-18(26)23-11-3-1-2-4-14(11)30-15/h1-7,15H,8-9H2,(H,22,24)(H,23,26). The number of nitrogens with one attached hydrogen (secondary N) is 2. The van der Waals surface area contributed by atoms with Gasteiger partial charge in [-0.3, -0.25) is 14.4 Å². The number of amides is 2. The molecule has 0 fully saturated rings. The first-order chi connectivity index (χ1) is 14.3. The van der Waals surface area contributed by atoms with Gasteiger partial charge in [0, 0.05) is 16.6 Å². The van der Waals surface area contributed by atoms with E-state index < -0.39 is 30.0 Å². The van der Waals surface area contributed by atoms with Crippen molar-refractivity contribution in [3.63, 3.8) is 0 Å². The Balaban J connectivity index is 1.27. The van der Waals surface area contributed by atoms with Crippen molar-refractivity contribution in [1.29, 1.82) is 0 Å². The molecule has 11 heteroatoms. The number of anilines is 2. The summed E-state index contributed by atoms with van der Waals surface area (Å²) in [5.74, 6) is -2.11. The van der Waals surface area contributed by atoms with E-state index in [9.17, 15) is 23.2 Å². The van der Waals surface area contributed by atoms with Crippen LogP contribution in [0.3, 0.4) is 0 Å². The fraction of sp³-hybridized carbons (Fsp3) is 0.211. The number of rotatable bonds is 5. The van der Waals surface area contributed by atoms with Gasteiger partial charge >= 0.3 is 12.3 Å². The summed E-state index contributed by atoms with van der Waals surface area (Å²) in [7, 11) is 0. The van der Waals surface area contributed by atoms with Gasteiger partial charge in [0.25, 0.3) is 5.91 Å². The van der Waals surface area contributed by atoms with E-state index in [-0.39, 0.29) is 29.5 Å². The van der Waals surface area contributed by atoms with Crippen LogP contribution in [0.5, 0.6) is 11.5 Å². The van der Waals surface area contributed by atoms with Gasteiger partial charge in [0.15, 0.2) is 18.1 Å². The van der Waals surface area contributed by atoms with Crippen LogP contribution in [0.1, 0.15) is 6.42 Å². The summed E-state index contributed by atoms with van der Waals surface area (Å²) >= 11 is 1.24. The van der Waals surface area contributed by atoms with Crippen molar-refractivity contribution in [2.75, 3.05) is 17.2 Å². The van der Waals surface area contributed by atoms with Gasteiger partial charge in [0.2, 0.25) is 5.91 Å². The summed E-state index contributed by atoms with van der Waals surface area (Å²) in [6.07, 6.45) is -3.97. The molecule has 1 atom stereocenters. The first kappa shape index (κ1) is 20.0. The van der Waals surface area contributed by atoms with Crippen LogP contribution in [0.4, 0.5) is 20.2 Å². The highest BCUT2D eigenvalue weighted by Crippen LogP contribution is 2.42. The van der Waals surface area contributed by atoms with Crippen molar-refractivity contribution in [2.24, 2.45) is 0 Å². The average Bonchev–Trinajstić information content (AvgIpc) is 3.00. The van der Waals surface area contributed by atoms with Crippen molar-refractivity contribution in [1.82, 2.24) is 0 Å². The fourth-order valence-electron chi connectivity index (χ4n) is 2.81. The Hall–Kier alpha value is -3.34. The van der Waals surface area contributed by atoms with Gasteiger partial charge in [-0.25, -0.2) is 0 Å². The Kier molecular flexibility index (Phi) is 5.20. The third-order valence-corrected chi connectivity index (χ3v) is 5.38. The molecule has 2 aliphatic heterocycles. The van der Waals surface area contributed by atoms with Gasteiger partial charge in [-0.15, -0.1) is 20.5 Å². The Morgan fingerprint density at radius 2 is 1.93 bits per heavy atom. The first-order valence-electron chi connectivity index (χ1n) is 8.71. The SMILES string of the molecule is O=C(COC(=O)CC1Sc2ccccc2NC1=O)Nc1ccc2c(c1)OC(F)(F)O2. The van der Waals surface area contributed by atoms with Gasteiger partial charge in [-0.2, -0.15) is 0 Å². The number of carbonyl (C=O) groups excluding carboxylic acids is 3. The molecule has 1 unspecified atom stereocenters. The van der Waals surface area contributed by atoms with Gasteiger partial charge < -0.3 is 24.8 Å². The zero-order chi connectivity index (χ0) is 21.3. The van der Waals surface area contributed by atoms with Crippen molar-refractivity contribution in [3.8, 4) is 11.5 Å². The van der Waals surface area contributed by atoms with Gasteiger partial charge in [0.1, 0.15) is 0 Å². The molecular formula is C19H14F2N2O6S. The Morgan fingerprint density at radius 1 is 1.17 bits per heavy atom. The summed E-state index contributed by atoms with van der Waals surface area (Å²) in [6.45, 7) is -0.598. The van der Waals surface area contributed by atoms with Crippen molar-refractivity contribution in [3.05, 3.63) is 42.5 Å². The van der Waals surface area contributed by atoms with E-state index in [0.29, 0.717) is 5.69 Å². The van der Waals surface area contributed by atoms with E-state index in [0.717, 1.165) is 11.0 Å². The molecule has 0 aliphatic carbocycles. The highest BCUT2D eigenvalue weighted by Gasteiger charge is 2.43. The molecular weight excluding hydrogens is 422 g/mol. The third kappa shape index (κ3) is 4.46. The molecule has 4 rings (SSSR count). The third-order valence-electron chi connectivity index (χ3n) is 4.11. The van der Waals surface area contributed by atoms with E-state index in [1.54, 1.807) is 12.1 Å². The molecule has 8 nitrogen and oxygen atoms in total. The number of para-hydroxylation sites is 1. The maximum absolute atomic E-state index is 13.0. The van der Waals surface area contributed by atoms with Crippen LogP contribution in [0.15, 0.2) is 47.4 Å². The lowest BCUT2D eigenvalue weighted by Gasteiger charge is -2.23. The molecule has 30 heavy (non-hydrogen) atoms. The molecule has 0 spiro atoms. The Bertz CT molecular complexity index is 1030. The van der Waals surface area contributed by atoms with E-state index in [4.69, 9.17) is 4.74 Å². The Morgan fingerprint density at radius 3 is 2.77 bits per heavy atom. The minimum Gasteiger partial charge on any atom is -0.456 e. The molecule has 2 N–H and O–H groups in total. The lowest BCUT2D eigenvalue weighted by atomic mass is 10.2. The normalized spacial score (nSPS) is 18.2. The zero-order valence-electron chi connectivity index (χ0n) is 15.1. The number of fused-ring (bicyclic) bond motifs is 2. The summed E-state index contributed by atoms with van der Waals surface area (Å²) in [6, 6.07) is 10.9. The number of halogens is 2. The monoisotopic (exact) mass is 436 g/mol. The summed E-state index contributed by atoms with van der Waals surface area (Å²) in [5, 5.41) is 4.44. The van der Waals surface area contributed by atoms with Crippen LogP contribution in [0.2, 0.25) is 0 Å². The van der Waals surface area contributed by atoms with Crippen molar-refractivity contribution >= 4 is 40.9 Å². The molecule has 0 bridgehead atoms. The first-order valence-corrected chi connectivity index (χ1v) is 9.59. The second-order valence-corrected chi connectivity index (χ2v) is 7.58. The minimum atomic E-state index is -3.76. The predicted molar refractivity (Wildman–Crippen MR) is 102 cm³/mol. The van der Waals surface area contributed by atoms with Crippen LogP contribution in [0.25, 0.3) is 0 Å². The lowest BCUT2D eigenvalue weighted by Crippen LogP contribution is -2.32. The number of thioether (sulfide) groups is 1. The minimum absolute atomic E-state index is 0.158. The molecule has 0 saturated heterocycles. The summed E-state index contributed by atoms with van der Waals surface area (Å²) < 4.78 is 39.5. The number of alkyl halides is 2. The smallest absolute Gasteiger partial charge is 0.456 e. The highest BCUT2D eigenvalue weighted by atomic mass is 32.2. The van der Waals surface area contributed by atoms with E-state index >= 15 is 0 Å². The van der Waals surface area contributed by atoms with E-state index in [2.05, 4.69) is 20.1 Å². The van der Waals surface area contributed by atoms with Crippen molar-refractivity contribution < 1.29 is 37.4 Å². The number of hydrogen-bond donors (Lipinski definition) is 2. The average molecular weight is 436 g/mol. The molecule has 2 aromatic carbocycles. The predicted octanol–water partition coefficient (Wildman–Crippen LogP) is 2.99. The zero-order valence-corrected chi connectivity index (χ0v) is 16.0. The molecule has 2 aliphatic rings. The number of ether oxygens (including phenoxy) is 3. The van der Waals surface area contributed by atoms with Crippen LogP contribution < -0.4 is 20.1 Å². The van der Waals surface area contributed by atoms with E-state index in [1.807, 2.05) is 12.1 Å². The number of benzene rings is 2. The second-order valence-electron chi connectivity index (χ2n) is 6.33. The Labute approximate surface area is 172 Å². The molecule has 0 aromatic heterocycles. The highest BCUT2D eigenvalue weighted by molar-refractivity contribution is 8.01. The molecule has 0 saturated carbocycles. The van der Waals surface area contributed by atoms with Gasteiger partial charge in [-0.1, -0.05) is 12.1 Å². The lowest BCUT2D eigenvalue weighted by molar-refractivity contribution is -0.286. The maximum atomic E-state index is 13.0. The second kappa shape index (κ2) is 7.82. The van der Waals surface area contributed by atoms with Gasteiger partial charge in [-0.05, 0) is 24.3 Å². The molecule has 2 amide bonds. The largest absolute Gasteiger partial charge is 0.586 e. The number of hydrogen-bond acceptors (Lipinski definition) is 7. The van der Waals surface area contributed by atoms with Gasteiger partial charge in [0.05, 0.1) is 17.4 Å². The maximum Gasteiger partial charge on any atom is 0.586 e. The topological polar surface area (TPSA) is 103 Å². The molecule has 2 aromatic rings. The summed E-state index contributed by atoms with van der Waals surface area (Å²) in [5.41, 5.74) is 0.841. The summed E-state index contributed by atoms with van der Waals surface area (Å²) in [4.78, 5) is 37.0. The van der Waals surface area contributed by atoms with Crippen molar-refractivity contribution in [2.45, 2.75) is 22.9 Å². The van der Waals surface area contributed by atoms with Crippen LogP contribution in [0, 0.1) is 0 Å². The number of carbonyl (C=O) groups is 3. The van der Waals surface area contributed by atoms with Crippen LogP contribution >= 0.6 is 11.8 Å². The molecule has 156 valence electrons. The van der Waals surface area contributed by atoms with E-state index in [1.165, 1.54) is 23.9 Å². The van der Waals surface area contributed by atoms with Crippen LogP contribution in [-0.2, 0) is 19.1 Å². The molecule has 2 heterocycles. The van der Waals surface area contributed by atoms with Crippen LogP contribution in [-0.4, -0.2) is 35.9 Å².